The first-order valence-electron chi connectivity index (χ1n) is 5.03. The summed E-state index contributed by atoms with van der Waals surface area (Å²) in [6.45, 7) is 3.21. The first-order chi connectivity index (χ1) is 7.24. The summed E-state index contributed by atoms with van der Waals surface area (Å²) >= 11 is 0. The van der Waals surface area contributed by atoms with E-state index in [9.17, 15) is 4.79 Å². The molecule has 80 valence electrons. The number of benzene rings is 1. The number of rotatable bonds is 2. The summed E-state index contributed by atoms with van der Waals surface area (Å²) in [6, 6.07) is 5.57. The number of nitrogens with zero attached hydrogens (tertiary/aromatic N) is 1. The number of anilines is 2. The third-order valence-corrected chi connectivity index (χ3v) is 2.58. The van der Waals surface area contributed by atoms with Crippen LogP contribution in [0.3, 0.4) is 0 Å². The molecule has 2 N–H and O–H groups in total. The molecule has 4 nitrogen and oxygen atoms in total. The molecule has 0 spiro atoms. The van der Waals surface area contributed by atoms with Crippen molar-refractivity contribution in [1.29, 1.82) is 0 Å². The van der Waals surface area contributed by atoms with E-state index in [1.54, 1.807) is 0 Å². The molecule has 0 radical (unpaired) electrons. The normalized spacial score (nSPS) is 14.8. The lowest BCUT2D eigenvalue weighted by Gasteiger charge is -2.30. The van der Waals surface area contributed by atoms with Crippen molar-refractivity contribution in [2.24, 2.45) is 0 Å². The summed E-state index contributed by atoms with van der Waals surface area (Å²) in [5, 5.41) is 11.9. The van der Waals surface area contributed by atoms with Crippen LogP contribution in [0.4, 0.5) is 11.4 Å². The van der Waals surface area contributed by atoms with Gasteiger partial charge in [0.2, 0.25) is 5.91 Å². The molecule has 1 heterocycles. The van der Waals surface area contributed by atoms with Gasteiger partial charge in [-0.15, -0.1) is 0 Å². The quantitative estimate of drug-likeness (QED) is 0.757. The average Bonchev–Trinajstić information content (AvgIpc) is 2.27. The number of aliphatic hydroxyl groups is 1. The number of nitrogens with one attached hydrogen (secondary N) is 1. The maximum atomic E-state index is 11.3. The smallest absolute Gasteiger partial charge is 0.243 e. The van der Waals surface area contributed by atoms with Gasteiger partial charge in [-0.3, -0.25) is 4.79 Å². The Kier molecular flexibility index (Phi) is 2.60. The summed E-state index contributed by atoms with van der Waals surface area (Å²) in [5.41, 5.74) is 2.68. The number of carbonyl (C=O) groups excluding carboxylic acids is 1. The summed E-state index contributed by atoms with van der Waals surface area (Å²) in [4.78, 5) is 13.3. The highest BCUT2D eigenvalue weighted by molar-refractivity contribution is 6.01. The molecule has 0 saturated carbocycles. The number of likely N-dealkylation sites (N-methyl/N-ethyl adjacent to an activating group) is 1. The zero-order chi connectivity index (χ0) is 10.8. The van der Waals surface area contributed by atoms with Crippen LogP contribution in [0, 0.1) is 0 Å². The molecule has 15 heavy (non-hydrogen) atoms. The lowest BCUT2D eigenvalue weighted by molar-refractivity contribution is -0.115. The fourth-order valence-electron chi connectivity index (χ4n) is 1.77. The molecule has 1 aromatic rings. The Labute approximate surface area is 88.5 Å². The maximum absolute atomic E-state index is 11.3. The molecule has 1 aliphatic rings. The Hall–Kier alpha value is -1.55. The van der Waals surface area contributed by atoms with Crippen molar-refractivity contribution < 1.29 is 9.90 Å². The largest absolute Gasteiger partial charge is 0.392 e. The summed E-state index contributed by atoms with van der Waals surface area (Å²) in [7, 11) is 0. The zero-order valence-corrected chi connectivity index (χ0v) is 8.66. The fraction of sp³-hybridized carbons (Fsp3) is 0.364. The average molecular weight is 206 g/mol. The predicted octanol–water partition coefficient (Wildman–Crippen LogP) is 0.957. The Morgan fingerprint density at radius 3 is 3.00 bits per heavy atom. The van der Waals surface area contributed by atoms with Gasteiger partial charge < -0.3 is 15.3 Å². The van der Waals surface area contributed by atoms with Gasteiger partial charge >= 0.3 is 0 Å². The molecule has 2 rings (SSSR count). The van der Waals surface area contributed by atoms with Crippen molar-refractivity contribution in [2.75, 3.05) is 23.3 Å². The van der Waals surface area contributed by atoms with Crippen LogP contribution in [0.25, 0.3) is 0 Å². The topological polar surface area (TPSA) is 52.6 Å². The number of carbonyl (C=O) groups is 1. The van der Waals surface area contributed by atoms with Crippen molar-refractivity contribution in [3.63, 3.8) is 0 Å². The van der Waals surface area contributed by atoms with E-state index in [-0.39, 0.29) is 12.5 Å². The van der Waals surface area contributed by atoms with Crippen molar-refractivity contribution in [1.82, 2.24) is 0 Å². The Morgan fingerprint density at radius 1 is 1.53 bits per heavy atom. The van der Waals surface area contributed by atoms with Gasteiger partial charge in [-0.1, -0.05) is 6.07 Å². The molecular weight excluding hydrogens is 192 g/mol. The zero-order valence-electron chi connectivity index (χ0n) is 8.66. The van der Waals surface area contributed by atoms with Crippen molar-refractivity contribution >= 4 is 17.3 Å². The minimum Gasteiger partial charge on any atom is -0.392 e. The second-order valence-corrected chi connectivity index (χ2v) is 3.57. The van der Waals surface area contributed by atoms with E-state index in [2.05, 4.69) is 5.32 Å². The Bertz CT molecular complexity index is 390. The van der Waals surface area contributed by atoms with Crippen LogP contribution in [-0.4, -0.2) is 24.1 Å². The highest BCUT2D eigenvalue weighted by Gasteiger charge is 2.20. The first-order valence-corrected chi connectivity index (χ1v) is 5.03. The Morgan fingerprint density at radius 2 is 2.33 bits per heavy atom. The number of hydrogen-bond acceptors (Lipinski definition) is 3. The minimum atomic E-state index is 0.0149. The highest BCUT2D eigenvalue weighted by atomic mass is 16.3. The molecule has 0 atom stereocenters. The van der Waals surface area contributed by atoms with E-state index in [0.717, 1.165) is 23.5 Å². The molecule has 4 heteroatoms. The molecule has 0 aliphatic carbocycles. The van der Waals surface area contributed by atoms with E-state index in [0.29, 0.717) is 6.54 Å². The van der Waals surface area contributed by atoms with Crippen LogP contribution >= 0.6 is 0 Å². The molecule has 1 aromatic carbocycles. The SMILES string of the molecule is CCN1CC(=O)Nc2ccc(CO)cc21. The molecule has 1 amide bonds. The maximum Gasteiger partial charge on any atom is 0.243 e. The highest BCUT2D eigenvalue weighted by Crippen LogP contribution is 2.30. The monoisotopic (exact) mass is 206 g/mol. The van der Waals surface area contributed by atoms with Crippen LogP contribution < -0.4 is 10.2 Å². The first kappa shape index (κ1) is 9.98. The third-order valence-electron chi connectivity index (χ3n) is 2.58. The van der Waals surface area contributed by atoms with E-state index in [1.165, 1.54) is 0 Å². The Balaban J connectivity index is 2.42. The lowest BCUT2D eigenvalue weighted by Crippen LogP contribution is -2.38. The predicted molar refractivity (Wildman–Crippen MR) is 58.9 cm³/mol. The standard InChI is InChI=1S/C11H14N2O2/c1-2-13-6-11(15)12-9-4-3-8(7-14)5-10(9)13/h3-5,14H,2,6-7H2,1H3,(H,12,15). The van der Waals surface area contributed by atoms with Gasteiger partial charge in [-0.2, -0.15) is 0 Å². The van der Waals surface area contributed by atoms with Gasteiger partial charge in [0.05, 0.1) is 24.5 Å². The number of fused-ring (bicyclic) bond motifs is 1. The minimum absolute atomic E-state index is 0.0149. The summed E-state index contributed by atoms with van der Waals surface area (Å²) in [5.74, 6) is 0.0149. The van der Waals surface area contributed by atoms with Gasteiger partial charge in [0.1, 0.15) is 0 Å². The molecule has 0 aromatic heterocycles. The van der Waals surface area contributed by atoms with Crippen LogP contribution in [0.15, 0.2) is 18.2 Å². The van der Waals surface area contributed by atoms with Gasteiger partial charge in [0.25, 0.3) is 0 Å². The van der Waals surface area contributed by atoms with Crippen molar-refractivity contribution in [2.45, 2.75) is 13.5 Å². The van der Waals surface area contributed by atoms with Crippen LogP contribution in [0.1, 0.15) is 12.5 Å². The van der Waals surface area contributed by atoms with Gasteiger partial charge in [0, 0.05) is 6.54 Å². The molecule has 0 bridgehead atoms. The third kappa shape index (κ3) is 1.80. The van der Waals surface area contributed by atoms with E-state index in [1.807, 2.05) is 30.0 Å². The van der Waals surface area contributed by atoms with Crippen LogP contribution in [-0.2, 0) is 11.4 Å². The van der Waals surface area contributed by atoms with Gasteiger partial charge in [0.15, 0.2) is 0 Å². The second kappa shape index (κ2) is 3.90. The van der Waals surface area contributed by atoms with Crippen molar-refractivity contribution in [3.8, 4) is 0 Å². The van der Waals surface area contributed by atoms with Gasteiger partial charge in [-0.05, 0) is 24.6 Å². The van der Waals surface area contributed by atoms with Crippen LogP contribution in [0.2, 0.25) is 0 Å². The molecule has 0 saturated heterocycles. The fourth-order valence-corrected chi connectivity index (χ4v) is 1.77. The number of hydrogen-bond donors (Lipinski definition) is 2. The molecule has 0 fully saturated rings. The summed E-state index contributed by atoms with van der Waals surface area (Å²) in [6.07, 6.45) is 0. The van der Waals surface area contributed by atoms with E-state index < -0.39 is 0 Å². The van der Waals surface area contributed by atoms with Crippen molar-refractivity contribution in [3.05, 3.63) is 23.8 Å². The lowest BCUT2D eigenvalue weighted by atomic mass is 10.1. The number of aliphatic hydroxyl groups excluding tert-OH is 1. The second-order valence-electron chi connectivity index (χ2n) is 3.57. The molecule has 1 aliphatic heterocycles. The van der Waals surface area contributed by atoms with E-state index >= 15 is 0 Å². The molecular formula is C11H14N2O2. The van der Waals surface area contributed by atoms with E-state index in [4.69, 9.17) is 5.11 Å². The van der Waals surface area contributed by atoms with Gasteiger partial charge in [-0.25, -0.2) is 0 Å². The number of amides is 1. The summed E-state index contributed by atoms with van der Waals surface area (Å²) < 4.78 is 0. The molecule has 0 unspecified atom stereocenters. The van der Waals surface area contributed by atoms with Crippen LogP contribution in [0.5, 0.6) is 0 Å².